The highest BCUT2D eigenvalue weighted by Crippen LogP contribution is 2.37. The number of primary amides is 1. The Morgan fingerprint density at radius 2 is 2.00 bits per heavy atom. The first-order valence-corrected chi connectivity index (χ1v) is 8.38. The molecule has 1 aromatic rings. The highest BCUT2D eigenvalue weighted by atomic mass is 32.1. The van der Waals surface area contributed by atoms with Gasteiger partial charge >= 0.3 is 6.09 Å². The molecule has 22 heavy (non-hydrogen) atoms. The van der Waals surface area contributed by atoms with E-state index in [2.05, 4.69) is 6.92 Å². The van der Waals surface area contributed by atoms with Crippen LogP contribution in [0.1, 0.15) is 61.1 Å². The molecule has 1 aliphatic heterocycles. The maximum atomic E-state index is 12.5. The maximum absolute atomic E-state index is 12.5. The molecule has 0 unspecified atom stereocenters. The first-order chi connectivity index (χ1) is 10.2. The van der Waals surface area contributed by atoms with Crippen LogP contribution in [0.4, 0.5) is 4.79 Å². The number of rotatable bonds is 2. The van der Waals surface area contributed by atoms with Gasteiger partial charge < -0.3 is 15.4 Å². The van der Waals surface area contributed by atoms with E-state index in [1.807, 2.05) is 26.8 Å². The van der Waals surface area contributed by atoms with E-state index in [0.29, 0.717) is 17.3 Å². The van der Waals surface area contributed by atoms with Gasteiger partial charge in [-0.1, -0.05) is 6.92 Å². The van der Waals surface area contributed by atoms with Gasteiger partial charge in [0.25, 0.3) is 5.91 Å². The molecule has 5 nitrogen and oxygen atoms in total. The normalized spacial score (nSPS) is 22.5. The molecule has 1 aliphatic rings. The molecule has 0 bridgehead atoms. The van der Waals surface area contributed by atoms with Crippen LogP contribution in [0, 0.1) is 5.92 Å². The van der Waals surface area contributed by atoms with E-state index < -0.39 is 11.5 Å². The molecule has 0 aromatic carbocycles. The van der Waals surface area contributed by atoms with Crippen LogP contribution in [0.5, 0.6) is 0 Å². The van der Waals surface area contributed by atoms with Gasteiger partial charge in [0.15, 0.2) is 0 Å². The van der Waals surface area contributed by atoms with Gasteiger partial charge in [-0.2, -0.15) is 0 Å². The topological polar surface area (TPSA) is 72.6 Å². The minimum absolute atomic E-state index is 0.0378. The number of hydrogen-bond acceptors (Lipinski definition) is 4. The first kappa shape index (κ1) is 16.8. The van der Waals surface area contributed by atoms with Crippen molar-refractivity contribution in [2.75, 3.05) is 6.54 Å². The quantitative estimate of drug-likeness (QED) is 0.904. The number of amides is 2. The van der Waals surface area contributed by atoms with Crippen molar-refractivity contribution in [3.05, 3.63) is 21.9 Å². The van der Waals surface area contributed by atoms with Crippen LogP contribution in [-0.4, -0.2) is 29.0 Å². The Bertz CT molecular complexity index is 562. The number of hydrogen-bond donors (Lipinski definition) is 1. The summed E-state index contributed by atoms with van der Waals surface area (Å²) >= 11 is 1.36. The molecule has 2 rings (SSSR count). The number of ether oxygens (including phenoxy) is 1. The van der Waals surface area contributed by atoms with Gasteiger partial charge in [0.05, 0.1) is 10.9 Å². The molecule has 0 saturated carbocycles. The number of carbonyl (C=O) groups excluding carboxylic acids is 2. The van der Waals surface area contributed by atoms with Gasteiger partial charge in [0, 0.05) is 11.4 Å². The van der Waals surface area contributed by atoms with E-state index in [1.165, 1.54) is 11.3 Å². The Labute approximate surface area is 135 Å². The number of carbonyl (C=O) groups is 2. The number of piperidine rings is 1. The fourth-order valence-electron chi connectivity index (χ4n) is 2.64. The van der Waals surface area contributed by atoms with Crippen molar-refractivity contribution >= 4 is 23.3 Å². The highest BCUT2D eigenvalue weighted by molar-refractivity contribution is 7.14. The van der Waals surface area contributed by atoms with Crippen molar-refractivity contribution in [1.82, 2.24) is 4.90 Å². The molecule has 1 aromatic heterocycles. The van der Waals surface area contributed by atoms with E-state index in [4.69, 9.17) is 10.5 Å². The minimum atomic E-state index is -0.518. The lowest BCUT2D eigenvalue weighted by Crippen LogP contribution is -2.44. The molecule has 0 aliphatic carbocycles. The summed E-state index contributed by atoms with van der Waals surface area (Å²) in [5.41, 5.74) is 4.80. The van der Waals surface area contributed by atoms with Gasteiger partial charge in [0.2, 0.25) is 0 Å². The highest BCUT2D eigenvalue weighted by Gasteiger charge is 2.34. The molecule has 122 valence electrons. The minimum Gasteiger partial charge on any atom is -0.444 e. The van der Waals surface area contributed by atoms with Gasteiger partial charge in [-0.25, -0.2) is 4.79 Å². The predicted octanol–water partition coefficient (Wildman–Crippen LogP) is 3.56. The second kappa shape index (κ2) is 6.28. The summed E-state index contributed by atoms with van der Waals surface area (Å²) in [6.45, 7) is 8.40. The smallest absolute Gasteiger partial charge is 0.410 e. The van der Waals surface area contributed by atoms with E-state index in [9.17, 15) is 9.59 Å². The summed E-state index contributed by atoms with van der Waals surface area (Å²) in [4.78, 5) is 27.1. The van der Waals surface area contributed by atoms with Gasteiger partial charge in [-0.15, -0.1) is 11.3 Å². The Kier molecular flexibility index (Phi) is 4.80. The second-order valence-electron chi connectivity index (χ2n) is 6.90. The van der Waals surface area contributed by atoms with E-state index in [-0.39, 0.29) is 12.1 Å². The predicted molar refractivity (Wildman–Crippen MR) is 86.9 cm³/mol. The van der Waals surface area contributed by atoms with Crippen molar-refractivity contribution in [3.63, 3.8) is 0 Å². The van der Waals surface area contributed by atoms with Crippen molar-refractivity contribution < 1.29 is 14.3 Å². The number of nitrogens with zero attached hydrogens (tertiary/aromatic N) is 1. The lowest BCUT2D eigenvalue weighted by Gasteiger charge is -2.38. The van der Waals surface area contributed by atoms with Crippen molar-refractivity contribution in [3.8, 4) is 0 Å². The largest absolute Gasteiger partial charge is 0.444 e. The third-order valence-corrected chi connectivity index (χ3v) is 4.84. The molecule has 1 saturated heterocycles. The van der Waals surface area contributed by atoms with Crippen molar-refractivity contribution in [2.45, 2.75) is 52.2 Å². The van der Waals surface area contributed by atoms with Gasteiger partial charge in [-0.3, -0.25) is 4.79 Å². The summed E-state index contributed by atoms with van der Waals surface area (Å²) in [7, 11) is 0. The van der Waals surface area contributed by atoms with Crippen LogP contribution in [0.15, 0.2) is 12.1 Å². The molecule has 6 heteroatoms. The fraction of sp³-hybridized carbons (Fsp3) is 0.625. The summed E-state index contributed by atoms with van der Waals surface area (Å²) in [5.74, 6) is 0.0172. The Hall–Kier alpha value is -1.56. The molecule has 0 radical (unpaired) electrons. The zero-order valence-corrected chi connectivity index (χ0v) is 14.4. The average molecular weight is 324 g/mol. The lowest BCUT2D eigenvalue weighted by atomic mass is 9.93. The second-order valence-corrected chi connectivity index (χ2v) is 8.01. The monoisotopic (exact) mass is 324 g/mol. The molecule has 2 amide bonds. The molecule has 2 atom stereocenters. The third kappa shape index (κ3) is 4.00. The summed E-state index contributed by atoms with van der Waals surface area (Å²) in [6, 6.07) is 3.58. The zero-order valence-electron chi connectivity index (χ0n) is 13.6. The van der Waals surface area contributed by atoms with Crippen LogP contribution in [0.25, 0.3) is 0 Å². The van der Waals surface area contributed by atoms with Crippen LogP contribution in [-0.2, 0) is 4.74 Å². The number of thiophene rings is 1. The van der Waals surface area contributed by atoms with Crippen LogP contribution < -0.4 is 5.73 Å². The SMILES string of the molecule is C[C@@H]1CC[C@@H](c2ccc(C(N)=O)s2)N(C(=O)OC(C)(C)C)C1. The van der Waals surface area contributed by atoms with Crippen LogP contribution >= 0.6 is 11.3 Å². The van der Waals surface area contributed by atoms with Crippen molar-refractivity contribution in [2.24, 2.45) is 11.7 Å². The lowest BCUT2D eigenvalue weighted by molar-refractivity contribution is 0.00411. The fourth-order valence-corrected chi connectivity index (χ4v) is 3.64. The molecule has 1 fully saturated rings. The van der Waals surface area contributed by atoms with Crippen LogP contribution in [0.3, 0.4) is 0 Å². The molecule has 2 heterocycles. The Balaban J connectivity index is 2.22. The van der Waals surface area contributed by atoms with Crippen LogP contribution in [0.2, 0.25) is 0 Å². The average Bonchev–Trinajstić information content (AvgIpc) is 2.86. The van der Waals surface area contributed by atoms with E-state index >= 15 is 0 Å². The van der Waals surface area contributed by atoms with Crippen molar-refractivity contribution in [1.29, 1.82) is 0 Å². The Morgan fingerprint density at radius 1 is 1.32 bits per heavy atom. The summed E-state index contributed by atoms with van der Waals surface area (Å²) < 4.78 is 5.53. The first-order valence-electron chi connectivity index (χ1n) is 7.56. The maximum Gasteiger partial charge on any atom is 0.410 e. The molecule has 2 N–H and O–H groups in total. The standard InChI is InChI=1S/C16H24N2O3S/c1-10-5-6-11(12-7-8-13(22-12)14(17)19)18(9-10)15(20)21-16(2,3)4/h7-8,10-11H,5-6,9H2,1-4H3,(H2,17,19)/t10-,11+/m1/s1. The zero-order chi connectivity index (χ0) is 16.5. The van der Waals surface area contributed by atoms with E-state index in [0.717, 1.165) is 17.7 Å². The molecular weight excluding hydrogens is 300 g/mol. The van der Waals surface area contributed by atoms with E-state index in [1.54, 1.807) is 11.0 Å². The van der Waals surface area contributed by atoms with Gasteiger partial charge in [0.1, 0.15) is 5.60 Å². The molecule has 0 spiro atoms. The number of likely N-dealkylation sites (tertiary alicyclic amines) is 1. The summed E-state index contributed by atoms with van der Waals surface area (Å²) in [6.07, 6.45) is 1.63. The van der Waals surface area contributed by atoms with Gasteiger partial charge in [-0.05, 0) is 51.7 Å². The number of nitrogens with two attached hydrogens (primary N) is 1. The Morgan fingerprint density at radius 3 is 2.55 bits per heavy atom. The summed E-state index contributed by atoms with van der Waals surface area (Å²) in [5, 5.41) is 0. The third-order valence-electron chi connectivity index (χ3n) is 3.64. The molecular formula is C16H24N2O3S.